The number of halogens is 3. The maximum absolute atomic E-state index is 13.5. The summed E-state index contributed by atoms with van der Waals surface area (Å²) in [4.78, 5) is 23.9. The van der Waals surface area contributed by atoms with Gasteiger partial charge in [0.2, 0.25) is 5.91 Å². The summed E-state index contributed by atoms with van der Waals surface area (Å²) in [6.45, 7) is 1.45. The minimum atomic E-state index is -0.987. The van der Waals surface area contributed by atoms with Gasteiger partial charge in [-0.3, -0.25) is 9.59 Å². The number of amides is 2. The second-order valence-electron chi connectivity index (χ2n) is 5.49. The summed E-state index contributed by atoms with van der Waals surface area (Å²) in [6.07, 6.45) is 0. The van der Waals surface area contributed by atoms with Gasteiger partial charge in [0, 0.05) is 6.07 Å². The molecule has 0 aliphatic carbocycles. The predicted molar refractivity (Wildman–Crippen MR) is 95.9 cm³/mol. The van der Waals surface area contributed by atoms with Crippen molar-refractivity contribution < 1.29 is 23.1 Å². The molecule has 2 aromatic rings. The van der Waals surface area contributed by atoms with Crippen molar-refractivity contribution in [2.75, 3.05) is 13.7 Å². The molecule has 0 spiro atoms. The van der Waals surface area contributed by atoms with Crippen molar-refractivity contribution in [1.82, 2.24) is 10.6 Å². The fraction of sp³-hybridized carbons (Fsp3) is 0.222. The van der Waals surface area contributed by atoms with Crippen molar-refractivity contribution >= 4 is 27.7 Å². The van der Waals surface area contributed by atoms with Crippen LogP contribution in [0.1, 0.15) is 28.9 Å². The van der Waals surface area contributed by atoms with Gasteiger partial charge < -0.3 is 15.4 Å². The van der Waals surface area contributed by atoms with Gasteiger partial charge in [0.05, 0.1) is 29.7 Å². The van der Waals surface area contributed by atoms with Crippen molar-refractivity contribution in [3.05, 3.63) is 63.6 Å². The number of methoxy groups -OCH3 is 1. The fourth-order valence-electron chi connectivity index (χ4n) is 2.26. The zero-order chi connectivity index (χ0) is 19.3. The van der Waals surface area contributed by atoms with Crippen LogP contribution in [0.4, 0.5) is 8.78 Å². The molecule has 0 aliphatic heterocycles. The first kappa shape index (κ1) is 19.8. The topological polar surface area (TPSA) is 67.4 Å². The Morgan fingerprint density at radius 3 is 2.54 bits per heavy atom. The molecule has 1 atom stereocenters. The zero-order valence-corrected chi connectivity index (χ0v) is 15.7. The Bertz CT molecular complexity index is 830. The SMILES string of the molecule is COc1ccc(C(C)NC(=O)CNC(=O)c2ccc(F)cc2F)cc1Br. The summed E-state index contributed by atoms with van der Waals surface area (Å²) in [5, 5.41) is 5.03. The van der Waals surface area contributed by atoms with E-state index >= 15 is 0 Å². The minimum absolute atomic E-state index is 0.316. The summed E-state index contributed by atoms with van der Waals surface area (Å²) in [6, 6.07) is 7.68. The van der Waals surface area contributed by atoms with Crippen molar-refractivity contribution in [2.45, 2.75) is 13.0 Å². The Morgan fingerprint density at radius 1 is 1.19 bits per heavy atom. The number of carbonyl (C=O) groups excluding carboxylic acids is 2. The summed E-state index contributed by atoms with van der Waals surface area (Å²) >= 11 is 3.37. The molecular formula is C18H17BrF2N2O3. The van der Waals surface area contributed by atoms with Crippen LogP contribution in [0, 0.1) is 11.6 Å². The van der Waals surface area contributed by atoms with Crippen molar-refractivity contribution in [1.29, 1.82) is 0 Å². The van der Waals surface area contributed by atoms with Crippen LogP contribution in [0.25, 0.3) is 0 Å². The van der Waals surface area contributed by atoms with Gasteiger partial charge in [-0.1, -0.05) is 6.07 Å². The molecule has 5 nitrogen and oxygen atoms in total. The van der Waals surface area contributed by atoms with E-state index in [1.165, 1.54) is 0 Å². The smallest absolute Gasteiger partial charge is 0.254 e. The molecule has 138 valence electrons. The first-order chi connectivity index (χ1) is 12.3. The Labute approximate surface area is 157 Å². The Balaban J connectivity index is 1.91. The molecule has 8 heteroatoms. The number of benzene rings is 2. The average Bonchev–Trinajstić information content (AvgIpc) is 2.59. The molecule has 2 rings (SSSR count). The molecule has 0 heterocycles. The molecule has 2 N–H and O–H groups in total. The highest BCUT2D eigenvalue weighted by atomic mass is 79.9. The van der Waals surface area contributed by atoms with Crippen LogP contribution in [-0.2, 0) is 4.79 Å². The molecule has 0 fully saturated rings. The monoisotopic (exact) mass is 426 g/mol. The molecule has 0 saturated heterocycles. The van der Waals surface area contributed by atoms with Crippen LogP contribution in [0.5, 0.6) is 5.75 Å². The molecule has 0 radical (unpaired) electrons. The second-order valence-corrected chi connectivity index (χ2v) is 6.34. The lowest BCUT2D eigenvalue weighted by atomic mass is 10.1. The number of rotatable bonds is 6. The van der Waals surface area contributed by atoms with Gasteiger partial charge in [-0.2, -0.15) is 0 Å². The third-order valence-electron chi connectivity index (χ3n) is 3.64. The normalized spacial score (nSPS) is 11.6. The van der Waals surface area contributed by atoms with Crippen LogP contribution < -0.4 is 15.4 Å². The Kier molecular flexibility index (Phi) is 6.68. The minimum Gasteiger partial charge on any atom is -0.496 e. The van der Waals surface area contributed by atoms with Gasteiger partial charge in [-0.05, 0) is 52.7 Å². The first-order valence-corrected chi connectivity index (χ1v) is 8.47. The molecule has 1 unspecified atom stereocenters. The summed E-state index contributed by atoms with van der Waals surface area (Å²) < 4.78 is 32.3. The molecule has 0 bridgehead atoms. The number of hydrogen-bond acceptors (Lipinski definition) is 3. The number of hydrogen-bond donors (Lipinski definition) is 2. The molecule has 2 aromatic carbocycles. The van der Waals surface area contributed by atoms with Gasteiger partial charge in [0.25, 0.3) is 5.91 Å². The van der Waals surface area contributed by atoms with E-state index in [4.69, 9.17) is 4.74 Å². The maximum atomic E-state index is 13.5. The Hall–Kier alpha value is -2.48. The summed E-state index contributed by atoms with van der Waals surface area (Å²) in [5.74, 6) is -2.34. The largest absolute Gasteiger partial charge is 0.496 e. The maximum Gasteiger partial charge on any atom is 0.254 e. The third kappa shape index (κ3) is 5.01. The second kappa shape index (κ2) is 8.75. The van der Waals surface area contributed by atoms with Gasteiger partial charge in [0.15, 0.2) is 0 Å². The highest BCUT2D eigenvalue weighted by Gasteiger charge is 2.15. The van der Waals surface area contributed by atoms with E-state index in [0.717, 1.165) is 22.2 Å². The molecule has 0 aliphatic rings. The van der Waals surface area contributed by atoms with Gasteiger partial charge in [-0.25, -0.2) is 8.78 Å². The van der Waals surface area contributed by atoms with E-state index in [1.807, 2.05) is 6.07 Å². The van der Waals surface area contributed by atoms with Crippen LogP contribution in [-0.4, -0.2) is 25.5 Å². The van der Waals surface area contributed by atoms with E-state index < -0.39 is 23.4 Å². The Morgan fingerprint density at radius 2 is 1.92 bits per heavy atom. The van der Waals surface area contributed by atoms with Crippen molar-refractivity contribution in [2.24, 2.45) is 0 Å². The highest BCUT2D eigenvalue weighted by molar-refractivity contribution is 9.10. The highest BCUT2D eigenvalue weighted by Crippen LogP contribution is 2.27. The van der Waals surface area contributed by atoms with Crippen molar-refractivity contribution in [3.8, 4) is 5.75 Å². The number of nitrogens with one attached hydrogen (secondary N) is 2. The molecule has 0 saturated carbocycles. The number of ether oxygens (including phenoxy) is 1. The van der Waals surface area contributed by atoms with Crippen LogP contribution in [0.3, 0.4) is 0 Å². The zero-order valence-electron chi connectivity index (χ0n) is 14.1. The molecule has 26 heavy (non-hydrogen) atoms. The van der Waals surface area contributed by atoms with Gasteiger partial charge in [0.1, 0.15) is 17.4 Å². The fourth-order valence-corrected chi connectivity index (χ4v) is 2.82. The molecule has 0 aromatic heterocycles. The lowest BCUT2D eigenvalue weighted by Gasteiger charge is -2.16. The van der Waals surface area contributed by atoms with Gasteiger partial charge in [-0.15, -0.1) is 0 Å². The van der Waals surface area contributed by atoms with E-state index in [1.54, 1.807) is 26.2 Å². The first-order valence-electron chi connectivity index (χ1n) is 7.68. The third-order valence-corrected chi connectivity index (χ3v) is 4.26. The number of carbonyl (C=O) groups is 2. The van der Waals surface area contributed by atoms with Crippen molar-refractivity contribution in [3.63, 3.8) is 0 Å². The van der Waals surface area contributed by atoms with Gasteiger partial charge >= 0.3 is 0 Å². The standard InChI is InChI=1S/C18H17BrF2N2O3/c1-10(11-3-6-16(26-2)14(19)7-11)23-17(24)9-22-18(25)13-5-4-12(20)8-15(13)21/h3-8,10H,9H2,1-2H3,(H,22,25)(H,23,24). The van der Waals surface area contributed by atoms with Crippen LogP contribution in [0.2, 0.25) is 0 Å². The molecule has 2 amide bonds. The molecular weight excluding hydrogens is 410 g/mol. The van der Waals surface area contributed by atoms with Crippen LogP contribution in [0.15, 0.2) is 40.9 Å². The van der Waals surface area contributed by atoms with E-state index in [0.29, 0.717) is 11.8 Å². The lowest BCUT2D eigenvalue weighted by Crippen LogP contribution is -2.38. The summed E-state index contributed by atoms with van der Waals surface area (Å²) in [7, 11) is 1.55. The predicted octanol–water partition coefficient (Wildman–Crippen LogP) is 3.34. The summed E-state index contributed by atoms with van der Waals surface area (Å²) in [5.41, 5.74) is 0.508. The van der Waals surface area contributed by atoms with Crippen LogP contribution >= 0.6 is 15.9 Å². The van der Waals surface area contributed by atoms with E-state index in [9.17, 15) is 18.4 Å². The van der Waals surface area contributed by atoms with E-state index in [2.05, 4.69) is 26.6 Å². The quantitative estimate of drug-likeness (QED) is 0.744. The average molecular weight is 427 g/mol. The van der Waals surface area contributed by atoms with E-state index in [-0.39, 0.29) is 18.2 Å². The lowest BCUT2D eigenvalue weighted by molar-refractivity contribution is -0.120.